The van der Waals surface area contributed by atoms with Crippen LogP contribution in [-0.2, 0) is 11.2 Å². The van der Waals surface area contributed by atoms with Crippen LogP contribution < -0.4 is 10.5 Å². The van der Waals surface area contributed by atoms with Gasteiger partial charge < -0.3 is 15.2 Å². The highest BCUT2D eigenvalue weighted by molar-refractivity contribution is 6.32. The molecular weight excluding hydrogens is 250 g/mol. The van der Waals surface area contributed by atoms with Crippen LogP contribution in [0.1, 0.15) is 19.4 Å². The van der Waals surface area contributed by atoms with Crippen LogP contribution in [-0.4, -0.2) is 26.4 Å². The second-order valence-corrected chi connectivity index (χ2v) is 5.03. The molecule has 18 heavy (non-hydrogen) atoms. The zero-order valence-corrected chi connectivity index (χ0v) is 11.9. The maximum atomic E-state index is 6.12. The van der Waals surface area contributed by atoms with E-state index in [9.17, 15) is 0 Å². The molecule has 0 fully saturated rings. The van der Waals surface area contributed by atoms with Crippen molar-refractivity contribution in [1.29, 1.82) is 0 Å². The van der Waals surface area contributed by atoms with Gasteiger partial charge in [-0.25, -0.2) is 0 Å². The number of nitrogens with two attached hydrogens (primary N) is 1. The van der Waals surface area contributed by atoms with E-state index in [1.165, 1.54) is 0 Å². The van der Waals surface area contributed by atoms with Gasteiger partial charge in [-0.1, -0.05) is 31.5 Å². The molecule has 0 heterocycles. The fourth-order valence-corrected chi connectivity index (χ4v) is 1.77. The van der Waals surface area contributed by atoms with Crippen LogP contribution in [0, 0.1) is 5.92 Å². The minimum atomic E-state index is 0.517. The third-order valence-electron chi connectivity index (χ3n) is 2.37. The smallest absolute Gasteiger partial charge is 0.138 e. The molecule has 0 aliphatic heterocycles. The Labute approximate surface area is 114 Å². The lowest BCUT2D eigenvalue weighted by atomic mass is 10.1. The molecule has 0 bridgehead atoms. The van der Waals surface area contributed by atoms with Gasteiger partial charge in [0.05, 0.1) is 11.6 Å². The summed E-state index contributed by atoms with van der Waals surface area (Å²) in [5, 5.41) is 0.629. The molecule has 3 nitrogen and oxygen atoms in total. The Bertz CT molecular complexity index is 356. The zero-order chi connectivity index (χ0) is 13.4. The maximum Gasteiger partial charge on any atom is 0.138 e. The van der Waals surface area contributed by atoms with Crippen molar-refractivity contribution in [1.82, 2.24) is 0 Å². The first-order chi connectivity index (χ1) is 8.63. The van der Waals surface area contributed by atoms with E-state index in [4.69, 9.17) is 26.8 Å². The molecule has 1 aromatic rings. The third kappa shape index (κ3) is 5.71. The van der Waals surface area contributed by atoms with Gasteiger partial charge in [0.1, 0.15) is 12.4 Å². The lowest BCUT2D eigenvalue weighted by Crippen LogP contribution is -2.10. The van der Waals surface area contributed by atoms with Crippen LogP contribution in [0.25, 0.3) is 0 Å². The maximum absolute atomic E-state index is 6.12. The Morgan fingerprint density at radius 2 is 2.06 bits per heavy atom. The molecule has 0 saturated carbocycles. The summed E-state index contributed by atoms with van der Waals surface area (Å²) in [6.45, 7) is 6.72. The fraction of sp³-hybridized carbons (Fsp3) is 0.571. The molecule has 1 aromatic carbocycles. The minimum Gasteiger partial charge on any atom is -0.490 e. The van der Waals surface area contributed by atoms with E-state index in [1.807, 2.05) is 18.2 Å². The second kappa shape index (κ2) is 8.35. The molecule has 0 aliphatic carbocycles. The monoisotopic (exact) mass is 271 g/mol. The Balaban J connectivity index is 2.34. The lowest BCUT2D eigenvalue weighted by molar-refractivity contribution is 0.0819. The van der Waals surface area contributed by atoms with Crippen LogP contribution >= 0.6 is 11.6 Å². The van der Waals surface area contributed by atoms with Crippen molar-refractivity contribution in [2.45, 2.75) is 20.3 Å². The van der Waals surface area contributed by atoms with Crippen LogP contribution in [0.5, 0.6) is 5.75 Å². The lowest BCUT2D eigenvalue weighted by Gasteiger charge is -2.10. The Hall–Kier alpha value is -0.770. The zero-order valence-electron chi connectivity index (χ0n) is 11.1. The van der Waals surface area contributed by atoms with E-state index >= 15 is 0 Å². The van der Waals surface area contributed by atoms with Crippen molar-refractivity contribution in [3.63, 3.8) is 0 Å². The molecule has 102 valence electrons. The standard InChI is InChI=1S/C14H22ClNO2/c1-11(2)10-17-7-8-18-14-4-3-12(5-6-16)9-13(14)15/h3-4,9,11H,5-8,10,16H2,1-2H3. The van der Waals surface area contributed by atoms with Gasteiger partial charge in [-0.05, 0) is 36.6 Å². The second-order valence-electron chi connectivity index (χ2n) is 4.62. The summed E-state index contributed by atoms with van der Waals surface area (Å²) in [7, 11) is 0. The first-order valence-electron chi connectivity index (χ1n) is 6.32. The summed E-state index contributed by atoms with van der Waals surface area (Å²) >= 11 is 6.12. The highest BCUT2D eigenvalue weighted by Crippen LogP contribution is 2.25. The Morgan fingerprint density at radius 3 is 2.67 bits per heavy atom. The largest absolute Gasteiger partial charge is 0.490 e. The van der Waals surface area contributed by atoms with Crippen LogP contribution in [0.15, 0.2) is 18.2 Å². The minimum absolute atomic E-state index is 0.517. The number of halogens is 1. The number of rotatable bonds is 8. The highest BCUT2D eigenvalue weighted by Gasteiger charge is 2.03. The van der Waals surface area contributed by atoms with Gasteiger partial charge in [-0.3, -0.25) is 0 Å². The summed E-state index contributed by atoms with van der Waals surface area (Å²) in [5.74, 6) is 1.25. The molecule has 0 aliphatic rings. The topological polar surface area (TPSA) is 44.5 Å². The van der Waals surface area contributed by atoms with Crippen LogP contribution in [0.2, 0.25) is 5.02 Å². The molecule has 0 amide bonds. The van der Waals surface area contributed by atoms with E-state index in [0.29, 0.717) is 36.4 Å². The van der Waals surface area contributed by atoms with Crippen LogP contribution in [0.4, 0.5) is 0 Å². The average molecular weight is 272 g/mol. The van der Waals surface area contributed by atoms with Gasteiger partial charge >= 0.3 is 0 Å². The van der Waals surface area contributed by atoms with E-state index in [1.54, 1.807) is 0 Å². The van der Waals surface area contributed by atoms with Crippen molar-refractivity contribution in [3.05, 3.63) is 28.8 Å². The number of benzene rings is 1. The summed E-state index contributed by atoms with van der Waals surface area (Å²) in [5.41, 5.74) is 6.63. The molecule has 0 atom stereocenters. The van der Waals surface area contributed by atoms with Gasteiger partial charge in [0.2, 0.25) is 0 Å². The van der Waals surface area contributed by atoms with Crippen molar-refractivity contribution in [2.75, 3.05) is 26.4 Å². The normalized spacial score (nSPS) is 10.9. The SMILES string of the molecule is CC(C)COCCOc1ccc(CCN)cc1Cl. The van der Waals surface area contributed by atoms with E-state index in [2.05, 4.69) is 13.8 Å². The van der Waals surface area contributed by atoms with Crippen molar-refractivity contribution < 1.29 is 9.47 Å². The van der Waals surface area contributed by atoms with E-state index < -0.39 is 0 Å². The molecule has 2 N–H and O–H groups in total. The van der Waals surface area contributed by atoms with Crippen molar-refractivity contribution in [3.8, 4) is 5.75 Å². The Morgan fingerprint density at radius 1 is 1.28 bits per heavy atom. The van der Waals surface area contributed by atoms with E-state index in [-0.39, 0.29) is 0 Å². The number of hydrogen-bond acceptors (Lipinski definition) is 3. The number of ether oxygens (including phenoxy) is 2. The van der Waals surface area contributed by atoms with Gasteiger partial charge in [-0.15, -0.1) is 0 Å². The molecule has 0 radical (unpaired) electrons. The van der Waals surface area contributed by atoms with Crippen LogP contribution in [0.3, 0.4) is 0 Å². The van der Waals surface area contributed by atoms with Crippen molar-refractivity contribution >= 4 is 11.6 Å². The van der Waals surface area contributed by atoms with Gasteiger partial charge in [0.15, 0.2) is 0 Å². The molecule has 1 rings (SSSR count). The predicted molar refractivity (Wildman–Crippen MR) is 75.4 cm³/mol. The molecule has 0 unspecified atom stereocenters. The predicted octanol–water partition coefficient (Wildman–Crippen LogP) is 2.89. The average Bonchev–Trinajstić information content (AvgIpc) is 2.31. The molecule has 0 saturated heterocycles. The van der Waals surface area contributed by atoms with Gasteiger partial charge in [0.25, 0.3) is 0 Å². The molecule has 0 aromatic heterocycles. The number of hydrogen-bond donors (Lipinski definition) is 1. The summed E-state index contributed by atoms with van der Waals surface area (Å²) in [6.07, 6.45) is 0.831. The quantitative estimate of drug-likeness (QED) is 0.740. The third-order valence-corrected chi connectivity index (χ3v) is 2.66. The fourth-order valence-electron chi connectivity index (χ4n) is 1.51. The highest BCUT2D eigenvalue weighted by atomic mass is 35.5. The first kappa shape index (κ1) is 15.3. The molecular formula is C14H22ClNO2. The summed E-state index contributed by atoms with van der Waals surface area (Å²) < 4.78 is 11.0. The van der Waals surface area contributed by atoms with E-state index in [0.717, 1.165) is 18.6 Å². The van der Waals surface area contributed by atoms with Gasteiger partial charge in [0, 0.05) is 6.61 Å². The van der Waals surface area contributed by atoms with Gasteiger partial charge in [-0.2, -0.15) is 0 Å². The summed E-state index contributed by atoms with van der Waals surface area (Å²) in [6, 6.07) is 5.78. The molecule has 0 spiro atoms. The van der Waals surface area contributed by atoms with Crippen molar-refractivity contribution in [2.24, 2.45) is 11.7 Å². The summed E-state index contributed by atoms with van der Waals surface area (Å²) in [4.78, 5) is 0. The first-order valence-corrected chi connectivity index (χ1v) is 6.70. The molecule has 4 heteroatoms. The Kier molecular flexibility index (Phi) is 7.09.